The topological polar surface area (TPSA) is 50.4 Å². The Morgan fingerprint density at radius 3 is 2.79 bits per heavy atom. The van der Waals surface area contributed by atoms with E-state index < -0.39 is 0 Å². The Balaban J connectivity index is 1.54. The monoisotopic (exact) mass is 344 g/mol. The van der Waals surface area contributed by atoms with Crippen LogP contribution in [-0.2, 0) is 11.3 Å². The summed E-state index contributed by atoms with van der Waals surface area (Å²) in [7, 11) is 0. The molecule has 0 spiro atoms. The van der Waals surface area contributed by atoms with Crippen LogP contribution in [0.2, 0.25) is 5.02 Å². The van der Waals surface area contributed by atoms with Gasteiger partial charge in [0.2, 0.25) is 0 Å². The molecule has 4 nitrogen and oxygen atoms in total. The second-order valence-electron chi connectivity index (χ2n) is 5.93. The van der Waals surface area contributed by atoms with Gasteiger partial charge in [0, 0.05) is 36.0 Å². The Labute approximate surface area is 147 Å². The van der Waals surface area contributed by atoms with E-state index in [1.54, 1.807) is 24.3 Å². The summed E-state index contributed by atoms with van der Waals surface area (Å²) in [6.45, 7) is 2.49. The van der Waals surface area contributed by atoms with E-state index in [0.717, 1.165) is 43.8 Å². The van der Waals surface area contributed by atoms with Crippen molar-refractivity contribution in [3.05, 3.63) is 64.7 Å². The van der Waals surface area contributed by atoms with Crippen LogP contribution in [0.15, 0.2) is 48.5 Å². The van der Waals surface area contributed by atoms with E-state index in [4.69, 9.17) is 16.3 Å². The average Bonchev–Trinajstić information content (AvgIpc) is 3.09. The van der Waals surface area contributed by atoms with Crippen molar-refractivity contribution in [2.75, 3.05) is 18.5 Å². The highest BCUT2D eigenvalue weighted by molar-refractivity contribution is 6.30. The van der Waals surface area contributed by atoms with Gasteiger partial charge in [0.15, 0.2) is 0 Å². The van der Waals surface area contributed by atoms with Gasteiger partial charge in [-0.1, -0.05) is 23.7 Å². The highest BCUT2D eigenvalue weighted by Crippen LogP contribution is 2.15. The van der Waals surface area contributed by atoms with Gasteiger partial charge in [-0.2, -0.15) is 0 Å². The lowest BCUT2D eigenvalue weighted by Gasteiger charge is -2.12. The van der Waals surface area contributed by atoms with E-state index in [1.807, 2.05) is 24.3 Å². The van der Waals surface area contributed by atoms with E-state index in [1.165, 1.54) is 0 Å². The van der Waals surface area contributed by atoms with Crippen molar-refractivity contribution in [3.8, 4) is 0 Å². The molecular formula is C19H21ClN2O2. The predicted octanol–water partition coefficient (Wildman–Crippen LogP) is 3.86. The third kappa shape index (κ3) is 4.81. The zero-order valence-corrected chi connectivity index (χ0v) is 14.2. The third-order valence-corrected chi connectivity index (χ3v) is 4.27. The van der Waals surface area contributed by atoms with Gasteiger partial charge < -0.3 is 15.4 Å². The number of ether oxygens (including phenoxy) is 1. The summed E-state index contributed by atoms with van der Waals surface area (Å²) < 4.78 is 5.60. The fourth-order valence-corrected chi connectivity index (χ4v) is 2.87. The normalized spacial score (nSPS) is 17.0. The molecule has 5 heteroatoms. The second kappa shape index (κ2) is 8.29. The third-order valence-electron chi connectivity index (χ3n) is 4.02. The highest BCUT2D eigenvalue weighted by atomic mass is 35.5. The molecule has 1 fully saturated rings. The van der Waals surface area contributed by atoms with Crippen molar-refractivity contribution < 1.29 is 9.53 Å². The lowest BCUT2D eigenvalue weighted by Crippen LogP contribution is -2.25. The molecule has 0 aliphatic carbocycles. The number of carbonyl (C=O) groups is 1. The first kappa shape index (κ1) is 17.0. The summed E-state index contributed by atoms with van der Waals surface area (Å²) in [4.78, 5) is 12.2. The minimum absolute atomic E-state index is 0.142. The highest BCUT2D eigenvalue weighted by Gasteiger charge is 2.14. The summed E-state index contributed by atoms with van der Waals surface area (Å²) in [5.41, 5.74) is 2.49. The number of anilines is 1. The van der Waals surface area contributed by atoms with Gasteiger partial charge >= 0.3 is 0 Å². The van der Waals surface area contributed by atoms with Gasteiger partial charge in [-0.15, -0.1) is 0 Å². The molecule has 1 unspecified atom stereocenters. The molecule has 2 aromatic carbocycles. The van der Waals surface area contributed by atoms with Crippen LogP contribution in [0.1, 0.15) is 28.8 Å². The van der Waals surface area contributed by atoms with Gasteiger partial charge in [-0.3, -0.25) is 4.79 Å². The first-order chi connectivity index (χ1) is 11.7. The van der Waals surface area contributed by atoms with E-state index in [2.05, 4.69) is 10.6 Å². The summed E-state index contributed by atoms with van der Waals surface area (Å²) in [6.07, 6.45) is 2.61. The molecular weight excluding hydrogens is 324 g/mol. The molecule has 1 atom stereocenters. The molecule has 2 aromatic rings. The SMILES string of the molecule is O=C(Nc1cccc(CNCC2CCCO2)c1)c1ccc(Cl)cc1. The van der Waals surface area contributed by atoms with Gasteiger partial charge in [0.1, 0.15) is 0 Å². The smallest absolute Gasteiger partial charge is 0.255 e. The Morgan fingerprint density at radius 1 is 1.21 bits per heavy atom. The Kier molecular flexibility index (Phi) is 5.86. The van der Waals surface area contributed by atoms with Crippen molar-refractivity contribution in [2.24, 2.45) is 0 Å². The summed E-state index contributed by atoms with van der Waals surface area (Å²) in [5.74, 6) is -0.142. The van der Waals surface area contributed by atoms with Crippen LogP contribution in [0.25, 0.3) is 0 Å². The largest absolute Gasteiger partial charge is 0.377 e. The number of benzene rings is 2. The van der Waals surface area contributed by atoms with Crippen LogP contribution in [0.5, 0.6) is 0 Å². The molecule has 2 N–H and O–H groups in total. The van der Waals surface area contributed by atoms with Crippen molar-refractivity contribution in [1.82, 2.24) is 5.32 Å². The summed E-state index contributed by atoms with van der Waals surface area (Å²) >= 11 is 5.85. The lowest BCUT2D eigenvalue weighted by molar-refractivity contribution is 0.102. The first-order valence-corrected chi connectivity index (χ1v) is 8.57. The number of nitrogens with one attached hydrogen (secondary N) is 2. The van der Waals surface area contributed by atoms with Crippen LogP contribution in [0, 0.1) is 0 Å². The molecule has 1 saturated heterocycles. The second-order valence-corrected chi connectivity index (χ2v) is 6.36. The quantitative estimate of drug-likeness (QED) is 0.836. The summed E-state index contributed by atoms with van der Waals surface area (Å²) in [6, 6.07) is 14.7. The van der Waals surface area contributed by atoms with Crippen LogP contribution >= 0.6 is 11.6 Å². The van der Waals surface area contributed by atoms with Crippen LogP contribution in [-0.4, -0.2) is 25.2 Å². The van der Waals surface area contributed by atoms with E-state index in [9.17, 15) is 4.79 Å². The first-order valence-electron chi connectivity index (χ1n) is 8.19. The van der Waals surface area contributed by atoms with Crippen LogP contribution < -0.4 is 10.6 Å². The van der Waals surface area contributed by atoms with E-state index in [-0.39, 0.29) is 5.91 Å². The molecule has 1 amide bonds. The van der Waals surface area contributed by atoms with E-state index in [0.29, 0.717) is 16.7 Å². The molecule has 0 bridgehead atoms. The molecule has 0 aromatic heterocycles. The van der Waals surface area contributed by atoms with Gasteiger partial charge in [0.05, 0.1) is 6.10 Å². The fraction of sp³-hybridized carbons (Fsp3) is 0.316. The Morgan fingerprint density at radius 2 is 2.04 bits per heavy atom. The summed E-state index contributed by atoms with van der Waals surface area (Å²) in [5, 5.41) is 6.94. The minimum atomic E-state index is -0.142. The van der Waals surface area contributed by atoms with Crippen molar-refractivity contribution >= 4 is 23.2 Å². The molecule has 1 aliphatic heterocycles. The van der Waals surface area contributed by atoms with Crippen molar-refractivity contribution in [3.63, 3.8) is 0 Å². The number of halogens is 1. The Hall–Kier alpha value is -1.88. The fourth-order valence-electron chi connectivity index (χ4n) is 2.75. The molecule has 0 saturated carbocycles. The van der Waals surface area contributed by atoms with E-state index >= 15 is 0 Å². The molecule has 24 heavy (non-hydrogen) atoms. The zero-order valence-electron chi connectivity index (χ0n) is 13.4. The molecule has 0 radical (unpaired) electrons. The van der Waals surface area contributed by atoms with Crippen LogP contribution in [0.4, 0.5) is 5.69 Å². The number of rotatable bonds is 6. The van der Waals surface area contributed by atoms with Gasteiger partial charge in [-0.25, -0.2) is 0 Å². The minimum Gasteiger partial charge on any atom is -0.377 e. The average molecular weight is 345 g/mol. The molecule has 1 heterocycles. The number of amides is 1. The van der Waals surface area contributed by atoms with Crippen LogP contribution in [0.3, 0.4) is 0 Å². The number of hydrogen-bond donors (Lipinski definition) is 2. The molecule has 126 valence electrons. The van der Waals surface area contributed by atoms with Crippen molar-refractivity contribution in [2.45, 2.75) is 25.5 Å². The number of carbonyl (C=O) groups excluding carboxylic acids is 1. The maximum absolute atomic E-state index is 12.2. The lowest BCUT2D eigenvalue weighted by atomic mass is 10.1. The van der Waals surface area contributed by atoms with Crippen molar-refractivity contribution in [1.29, 1.82) is 0 Å². The maximum Gasteiger partial charge on any atom is 0.255 e. The zero-order chi connectivity index (χ0) is 16.8. The molecule has 1 aliphatic rings. The standard InChI is InChI=1S/C19H21ClN2O2/c20-16-8-6-15(7-9-16)19(23)22-17-4-1-3-14(11-17)12-21-13-18-5-2-10-24-18/h1,3-4,6-9,11,18,21H,2,5,10,12-13H2,(H,22,23). The van der Waals surface area contributed by atoms with Gasteiger partial charge in [-0.05, 0) is 54.8 Å². The predicted molar refractivity (Wildman–Crippen MR) is 96.5 cm³/mol. The van der Waals surface area contributed by atoms with Gasteiger partial charge in [0.25, 0.3) is 5.91 Å². The Bertz CT molecular complexity index is 682. The maximum atomic E-state index is 12.2. The number of hydrogen-bond acceptors (Lipinski definition) is 3. The molecule has 3 rings (SSSR count).